The van der Waals surface area contributed by atoms with E-state index in [9.17, 15) is 14.7 Å². The number of nitriles is 1. The SMILES string of the molecule is N#Cc1ccc(NC(=O)[C@@H]2CCCC[C@H]2C(=O)[O-])cc1. The van der Waals surface area contributed by atoms with Crippen molar-refractivity contribution in [2.24, 2.45) is 11.8 Å². The summed E-state index contributed by atoms with van der Waals surface area (Å²) in [5.74, 6) is -2.68. The van der Waals surface area contributed by atoms with Crippen LogP contribution in [-0.4, -0.2) is 11.9 Å². The predicted molar refractivity (Wildman–Crippen MR) is 70.2 cm³/mol. The molecule has 20 heavy (non-hydrogen) atoms. The highest BCUT2D eigenvalue weighted by atomic mass is 16.4. The molecule has 1 aliphatic carbocycles. The van der Waals surface area contributed by atoms with Gasteiger partial charge >= 0.3 is 0 Å². The van der Waals surface area contributed by atoms with Crippen LogP contribution < -0.4 is 10.4 Å². The normalized spacial score (nSPS) is 21.8. The number of hydrogen-bond donors (Lipinski definition) is 1. The van der Waals surface area contributed by atoms with E-state index >= 15 is 0 Å². The zero-order valence-corrected chi connectivity index (χ0v) is 11.0. The molecule has 1 aliphatic rings. The molecule has 1 saturated carbocycles. The van der Waals surface area contributed by atoms with Crippen LogP contribution in [0.15, 0.2) is 24.3 Å². The molecule has 5 heteroatoms. The topological polar surface area (TPSA) is 93.0 Å². The lowest BCUT2D eigenvalue weighted by Gasteiger charge is -2.31. The van der Waals surface area contributed by atoms with E-state index in [1.54, 1.807) is 24.3 Å². The van der Waals surface area contributed by atoms with Gasteiger partial charge in [-0.1, -0.05) is 12.8 Å². The van der Waals surface area contributed by atoms with Gasteiger partial charge in [0.2, 0.25) is 5.91 Å². The van der Waals surface area contributed by atoms with Crippen molar-refractivity contribution in [3.63, 3.8) is 0 Å². The summed E-state index contributed by atoms with van der Waals surface area (Å²) < 4.78 is 0. The highest BCUT2D eigenvalue weighted by Gasteiger charge is 2.31. The number of rotatable bonds is 3. The van der Waals surface area contributed by atoms with Crippen molar-refractivity contribution in [2.75, 3.05) is 5.32 Å². The van der Waals surface area contributed by atoms with Crippen molar-refractivity contribution in [1.82, 2.24) is 0 Å². The van der Waals surface area contributed by atoms with Crippen LogP contribution in [0.1, 0.15) is 31.2 Å². The summed E-state index contributed by atoms with van der Waals surface area (Å²) in [5.41, 5.74) is 1.07. The molecular formula is C15H15N2O3-. The Morgan fingerprint density at radius 2 is 1.75 bits per heavy atom. The van der Waals surface area contributed by atoms with E-state index in [1.165, 1.54) is 0 Å². The van der Waals surface area contributed by atoms with Crippen LogP contribution in [0.4, 0.5) is 5.69 Å². The van der Waals surface area contributed by atoms with Crippen LogP contribution in [-0.2, 0) is 9.59 Å². The van der Waals surface area contributed by atoms with Crippen molar-refractivity contribution in [2.45, 2.75) is 25.7 Å². The molecule has 0 radical (unpaired) electrons. The summed E-state index contributed by atoms with van der Waals surface area (Å²) in [6.07, 6.45) is 2.74. The van der Waals surface area contributed by atoms with Crippen molar-refractivity contribution in [1.29, 1.82) is 5.26 Å². The fraction of sp³-hybridized carbons (Fsp3) is 0.400. The van der Waals surface area contributed by atoms with E-state index in [0.29, 0.717) is 24.1 Å². The third-order valence-electron chi connectivity index (χ3n) is 3.69. The maximum atomic E-state index is 12.2. The molecule has 1 amide bonds. The molecule has 2 rings (SSSR count). The highest BCUT2D eigenvalue weighted by Crippen LogP contribution is 2.30. The number of carboxylic acids is 1. The van der Waals surface area contributed by atoms with Crippen molar-refractivity contribution < 1.29 is 14.7 Å². The van der Waals surface area contributed by atoms with Crippen LogP contribution in [0.5, 0.6) is 0 Å². The van der Waals surface area contributed by atoms with Crippen LogP contribution >= 0.6 is 0 Å². The zero-order valence-electron chi connectivity index (χ0n) is 11.0. The summed E-state index contributed by atoms with van der Waals surface area (Å²) in [6.45, 7) is 0. The van der Waals surface area contributed by atoms with Gasteiger partial charge in [-0.05, 0) is 37.1 Å². The molecule has 0 aliphatic heterocycles. The Morgan fingerprint density at radius 3 is 2.30 bits per heavy atom. The van der Waals surface area contributed by atoms with Gasteiger partial charge in [0.1, 0.15) is 0 Å². The lowest BCUT2D eigenvalue weighted by Crippen LogP contribution is -2.42. The number of hydrogen-bond acceptors (Lipinski definition) is 4. The number of benzene rings is 1. The summed E-state index contributed by atoms with van der Waals surface area (Å²) in [6, 6.07) is 8.47. The van der Waals surface area contributed by atoms with E-state index < -0.39 is 17.8 Å². The first-order chi connectivity index (χ1) is 9.61. The van der Waals surface area contributed by atoms with Gasteiger partial charge in [-0.3, -0.25) is 4.79 Å². The number of carboxylic acid groups (broad SMARTS) is 1. The summed E-state index contributed by atoms with van der Waals surface area (Å²) in [4.78, 5) is 23.2. The molecule has 1 N–H and O–H groups in total. The largest absolute Gasteiger partial charge is 0.550 e. The molecular weight excluding hydrogens is 256 g/mol. The molecule has 1 fully saturated rings. The van der Waals surface area contributed by atoms with Crippen LogP contribution in [0.25, 0.3) is 0 Å². The predicted octanol–water partition coefficient (Wildman–Crippen LogP) is 1.05. The fourth-order valence-electron chi connectivity index (χ4n) is 2.59. The second-order valence-electron chi connectivity index (χ2n) is 4.99. The Balaban J connectivity index is 2.06. The lowest BCUT2D eigenvalue weighted by atomic mass is 9.78. The summed E-state index contributed by atoms with van der Waals surface area (Å²) in [7, 11) is 0. The van der Waals surface area contributed by atoms with Crippen molar-refractivity contribution in [3.05, 3.63) is 29.8 Å². The van der Waals surface area contributed by atoms with E-state index in [-0.39, 0.29) is 5.91 Å². The standard InChI is InChI=1S/C15H16N2O3/c16-9-10-5-7-11(8-6-10)17-14(18)12-3-1-2-4-13(12)15(19)20/h5-8,12-13H,1-4H2,(H,17,18)(H,19,20)/p-1/t12-,13-/m1/s1. The van der Waals surface area contributed by atoms with E-state index in [4.69, 9.17) is 5.26 Å². The molecule has 0 spiro atoms. The minimum Gasteiger partial charge on any atom is -0.550 e. The third kappa shape index (κ3) is 3.15. The molecule has 104 valence electrons. The first-order valence-electron chi connectivity index (χ1n) is 6.63. The number of aliphatic carboxylic acids is 1. The minimum absolute atomic E-state index is 0.288. The Bertz CT molecular complexity index is 545. The first kappa shape index (κ1) is 14.1. The quantitative estimate of drug-likeness (QED) is 0.889. The molecule has 0 bridgehead atoms. The van der Waals surface area contributed by atoms with E-state index in [1.807, 2.05) is 6.07 Å². The Hall–Kier alpha value is -2.35. The number of amides is 1. The average Bonchev–Trinajstić information content (AvgIpc) is 2.48. The molecule has 1 aromatic carbocycles. The van der Waals surface area contributed by atoms with E-state index in [2.05, 4.69) is 5.32 Å². The highest BCUT2D eigenvalue weighted by molar-refractivity contribution is 5.95. The van der Waals surface area contributed by atoms with Gasteiger partial charge in [-0.2, -0.15) is 5.26 Å². The van der Waals surface area contributed by atoms with Gasteiger partial charge in [0, 0.05) is 23.5 Å². The Morgan fingerprint density at radius 1 is 1.15 bits per heavy atom. The second-order valence-corrected chi connectivity index (χ2v) is 4.99. The minimum atomic E-state index is -1.15. The van der Waals surface area contributed by atoms with Crippen molar-refractivity contribution >= 4 is 17.6 Å². The van der Waals surface area contributed by atoms with Gasteiger partial charge in [0.05, 0.1) is 11.6 Å². The number of anilines is 1. The maximum Gasteiger partial charge on any atom is 0.228 e. The average molecular weight is 271 g/mol. The summed E-state index contributed by atoms with van der Waals surface area (Å²) in [5, 5.41) is 22.5. The third-order valence-corrected chi connectivity index (χ3v) is 3.69. The summed E-state index contributed by atoms with van der Waals surface area (Å²) >= 11 is 0. The number of carbonyl (C=O) groups excluding carboxylic acids is 2. The lowest BCUT2D eigenvalue weighted by molar-refractivity contribution is -0.313. The van der Waals surface area contributed by atoms with Crippen molar-refractivity contribution in [3.8, 4) is 6.07 Å². The van der Waals surface area contributed by atoms with Crippen LogP contribution in [0.2, 0.25) is 0 Å². The maximum absolute atomic E-state index is 12.2. The number of nitrogens with zero attached hydrogens (tertiary/aromatic N) is 1. The van der Waals surface area contributed by atoms with E-state index in [0.717, 1.165) is 12.8 Å². The number of carbonyl (C=O) groups is 2. The molecule has 0 saturated heterocycles. The second kappa shape index (κ2) is 6.20. The van der Waals surface area contributed by atoms with Crippen LogP contribution in [0, 0.1) is 23.2 Å². The van der Waals surface area contributed by atoms with Gasteiger partial charge in [0.25, 0.3) is 0 Å². The van der Waals surface area contributed by atoms with Gasteiger partial charge in [-0.25, -0.2) is 0 Å². The molecule has 0 aromatic heterocycles. The molecule has 2 atom stereocenters. The van der Waals surface area contributed by atoms with Crippen LogP contribution in [0.3, 0.4) is 0 Å². The Kier molecular flexibility index (Phi) is 4.36. The zero-order chi connectivity index (χ0) is 14.5. The fourth-order valence-corrected chi connectivity index (χ4v) is 2.59. The van der Waals surface area contributed by atoms with Gasteiger partial charge in [-0.15, -0.1) is 0 Å². The first-order valence-corrected chi connectivity index (χ1v) is 6.63. The molecule has 1 aromatic rings. The molecule has 0 unspecified atom stereocenters. The smallest absolute Gasteiger partial charge is 0.228 e. The van der Waals surface area contributed by atoms with Gasteiger partial charge in [0.15, 0.2) is 0 Å². The number of nitrogens with one attached hydrogen (secondary N) is 1. The molecule has 5 nitrogen and oxygen atoms in total. The monoisotopic (exact) mass is 271 g/mol. The molecule has 0 heterocycles. The Labute approximate surface area is 117 Å². The van der Waals surface area contributed by atoms with Gasteiger partial charge < -0.3 is 15.2 Å².